The van der Waals surface area contributed by atoms with Crippen LogP contribution in [0.3, 0.4) is 0 Å². The molecule has 2 aromatic heterocycles. The number of nitrogens with one attached hydrogen (secondary N) is 1. The van der Waals surface area contributed by atoms with E-state index in [-0.39, 0.29) is 0 Å². The Morgan fingerprint density at radius 1 is 0.688 bits per heavy atom. The molecule has 32 heavy (non-hydrogen) atoms. The first kappa shape index (κ1) is 17.9. The lowest BCUT2D eigenvalue weighted by Gasteiger charge is -2.11. The lowest BCUT2D eigenvalue weighted by Crippen LogP contribution is -1.99. The van der Waals surface area contributed by atoms with Crippen LogP contribution in [-0.4, -0.2) is 9.55 Å². The third-order valence-corrected chi connectivity index (χ3v) is 7.08. The van der Waals surface area contributed by atoms with Crippen LogP contribution in [0.4, 0.5) is 0 Å². The number of rotatable bonds is 2. The van der Waals surface area contributed by atoms with Gasteiger partial charge in [0, 0.05) is 33.4 Å². The molecule has 0 saturated heterocycles. The molecule has 0 fully saturated rings. The van der Waals surface area contributed by atoms with E-state index < -0.39 is 0 Å². The van der Waals surface area contributed by atoms with Crippen LogP contribution in [0.25, 0.3) is 50.8 Å². The topological polar surface area (TPSA) is 20.7 Å². The zero-order valence-electron chi connectivity index (χ0n) is 17.9. The van der Waals surface area contributed by atoms with Crippen molar-refractivity contribution in [2.75, 3.05) is 0 Å². The van der Waals surface area contributed by atoms with Gasteiger partial charge in [-0.3, -0.25) is 0 Å². The fraction of sp³-hybridized carbons (Fsp3) is 0.133. The SMILES string of the molecule is C1=Cc2[nH]c3ccc(-c4ccc5c(c4)c4c(n5-c5ccccc5)C=CCC4)cc3c2CC1. The molecule has 5 aromatic rings. The molecule has 0 atom stereocenters. The first-order chi connectivity index (χ1) is 15.9. The van der Waals surface area contributed by atoms with E-state index in [1.165, 1.54) is 61.1 Å². The fourth-order valence-corrected chi connectivity index (χ4v) is 5.56. The Labute approximate surface area is 187 Å². The lowest BCUT2D eigenvalue weighted by atomic mass is 9.96. The van der Waals surface area contributed by atoms with E-state index in [0.29, 0.717) is 0 Å². The van der Waals surface area contributed by atoms with Crippen molar-refractivity contribution in [3.63, 3.8) is 0 Å². The van der Waals surface area contributed by atoms with Gasteiger partial charge in [0.05, 0.1) is 5.52 Å². The van der Waals surface area contributed by atoms with Crippen LogP contribution >= 0.6 is 0 Å². The van der Waals surface area contributed by atoms with E-state index in [0.717, 1.165) is 25.7 Å². The number of allylic oxidation sites excluding steroid dienone is 2. The summed E-state index contributed by atoms with van der Waals surface area (Å²) in [4.78, 5) is 3.59. The Balaban J connectivity index is 1.43. The normalized spacial score (nSPS) is 14.8. The molecule has 1 N–H and O–H groups in total. The summed E-state index contributed by atoms with van der Waals surface area (Å²) in [6, 6.07) is 24.6. The van der Waals surface area contributed by atoms with Crippen LogP contribution in [-0.2, 0) is 12.8 Å². The zero-order chi connectivity index (χ0) is 21.1. The number of H-pyrrole nitrogens is 1. The molecule has 0 saturated carbocycles. The van der Waals surface area contributed by atoms with E-state index in [2.05, 4.69) is 101 Å². The van der Waals surface area contributed by atoms with Crippen molar-refractivity contribution in [3.05, 3.63) is 101 Å². The second-order valence-electron chi connectivity index (χ2n) is 8.93. The van der Waals surface area contributed by atoms with E-state index in [4.69, 9.17) is 0 Å². The van der Waals surface area contributed by atoms with Crippen LogP contribution in [0.1, 0.15) is 35.4 Å². The Hall–Kier alpha value is -3.78. The number of hydrogen-bond donors (Lipinski definition) is 1. The summed E-state index contributed by atoms with van der Waals surface area (Å²) < 4.78 is 2.42. The molecule has 3 aromatic carbocycles. The van der Waals surface area contributed by atoms with Gasteiger partial charge in [-0.05, 0) is 96.5 Å². The Kier molecular flexibility index (Phi) is 3.83. The number of fused-ring (bicyclic) bond motifs is 6. The van der Waals surface area contributed by atoms with Crippen LogP contribution in [0.5, 0.6) is 0 Å². The van der Waals surface area contributed by atoms with Crippen molar-refractivity contribution in [2.45, 2.75) is 25.7 Å². The Morgan fingerprint density at radius 3 is 2.31 bits per heavy atom. The average Bonchev–Trinajstić information content (AvgIpc) is 3.39. The second kappa shape index (κ2) is 6.86. The molecular formula is C30H24N2. The van der Waals surface area contributed by atoms with E-state index >= 15 is 0 Å². The summed E-state index contributed by atoms with van der Waals surface area (Å²) in [5.74, 6) is 0. The first-order valence-corrected chi connectivity index (χ1v) is 11.6. The third kappa shape index (κ3) is 2.59. The highest BCUT2D eigenvalue weighted by molar-refractivity contribution is 5.96. The molecule has 154 valence electrons. The number of aryl methyl sites for hydroxylation is 2. The minimum Gasteiger partial charge on any atom is -0.355 e. The summed E-state index contributed by atoms with van der Waals surface area (Å²) in [6.07, 6.45) is 13.6. The van der Waals surface area contributed by atoms with Gasteiger partial charge in [0.2, 0.25) is 0 Å². The molecule has 2 nitrogen and oxygen atoms in total. The third-order valence-electron chi connectivity index (χ3n) is 7.08. The Morgan fingerprint density at radius 2 is 1.44 bits per heavy atom. The number of benzene rings is 3. The number of aromatic nitrogens is 2. The predicted molar refractivity (Wildman–Crippen MR) is 135 cm³/mol. The standard InChI is InChI=1S/C30H24N2/c1-2-8-22(9-3-1)32-29-13-7-5-11-24(29)26-19-21(15-17-30(26)32)20-14-16-28-25(18-20)23-10-4-6-12-27(23)31-28/h1-3,6-9,12-19,31H,4-5,10-11H2. The van der Waals surface area contributed by atoms with Gasteiger partial charge in [0.25, 0.3) is 0 Å². The molecule has 2 aliphatic rings. The van der Waals surface area contributed by atoms with E-state index in [9.17, 15) is 0 Å². The lowest BCUT2D eigenvalue weighted by molar-refractivity contribution is 0.967. The van der Waals surface area contributed by atoms with Gasteiger partial charge in [-0.15, -0.1) is 0 Å². The summed E-state index contributed by atoms with van der Waals surface area (Å²) in [5.41, 5.74) is 11.9. The molecule has 0 amide bonds. The summed E-state index contributed by atoms with van der Waals surface area (Å²) in [5, 5.41) is 2.75. The fourth-order valence-electron chi connectivity index (χ4n) is 5.56. The number of aromatic amines is 1. The molecule has 0 spiro atoms. The second-order valence-corrected chi connectivity index (χ2v) is 8.93. The van der Waals surface area contributed by atoms with Crippen molar-refractivity contribution in [1.82, 2.24) is 9.55 Å². The van der Waals surface area contributed by atoms with Crippen LogP contribution in [0, 0.1) is 0 Å². The molecule has 0 bridgehead atoms. The molecule has 2 heterocycles. The van der Waals surface area contributed by atoms with Gasteiger partial charge in [-0.2, -0.15) is 0 Å². The highest BCUT2D eigenvalue weighted by atomic mass is 15.0. The van der Waals surface area contributed by atoms with Crippen molar-refractivity contribution >= 4 is 34.0 Å². The van der Waals surface area contributed by atoms with Gasteiger partial charge in [-0.25, -0.2) is 0 Å². The molecule has 2 aliphatic carbocycles. The maximum absolute atomic E-state index is 3.59. The predicted octanol–water partition coefficient (Wildman–Crippen LogP) is 7.70. The van der Waals surface area contributed by atoms with Crippen LogP contribution in [0.2, 0.25) is 0 Å². The minimum atomic E-state index is 1.10. The van der Waals surface area contributed by atoms with E-state index in [1.807, 2.05) is 0 Å². The number of hydrogen-bond acceptors (Lipinski definition) is 0. The monoisotopic (exact) mass is 412 g/mol. The highest BCUT2D eigenvalue weighted by Crippen LogP contribution is 2.37. The molecule has 0 aliphatic heterocycles. The van der Waals surface area contributed by atoms with Crippen LogP contribution in [0.15, 0.2) is 78.9 Å². The molecule has 7 rings (SSSR count). The molecule has 2 heteroatoms. The van der Waals surface area contributed by atoms with Gasteiger partial charge in [-0.1, -0.05) is 42.5 Å². The summed E-state index contributed by atoms with van der Waals surface area (Å²) in [6.45, 7) is 0. The maximum Gasteiger partial charge on any atom is 0.0538 e. The van der Waals surface area contributed by atoms with Crippen molar-refractivity contribution < 1.29 is 0 Å². The first-order valence-electron chi connectivity index (χ1n) is 11.6. The van der Waals surface area contributed by atoms with Crippen molar-refractivity contribution in [3.8, 4) is 16.8 Å². The van der Waals surface area contributed by atoms with Gasteiger partial charge in [0.15, 0.2) is 0 Å². The average molecular weight is 413 g/mol. The van der Waals surface area contributed by atoms with Gasteiger partial charge < -0.3 is 9.55 Å². The molecule has 0 unspecified atom stereocenters. The smallest absolute Gasteiger partial charge is 0.0538 e. The molecule has 0 radical (unpaired) electrons. The zero-order valence-corrected chi connectivity index (χ0v) is 17.9. The van der Waals surface area contributed by atoms with Crippen LogP contribution < -0.4 is 0 Å². The number of nitrogens with zero attached hydrogens (tertiary/aromatic N) is 1. The van der Waals surface area contributed by atoms with E-state index in [1.54, 1.807) is 0 Å². The van der Waals surface area contributed by atoms with Gasteiger partial charge >= 0.3 is 0 Å². The number of para-hydroxylation sites is 1. The summed E-state index contributed by atoms with van der Waals surface area (Å²) in [7, 11) is 0. The quantitative estimate of drug-likeness (QED) is 0.307. The van der Waals surface area contributed by atoms with Crippen molar-refractivity contribution in [2.24, 2.45) is 0 Å². The highest BCUT2D eigenvalue weighted by Gasteiger charge is 2.19. The largest absolute Gasteiger partial charge is 0.355 e. The maximum atomic E-state index is 3.59. The van der Waals surface area contributed by atoms with Crippen molar-refractivity contribution in [1.29, 1.82) is 0 Å². The minimum absolute atomic E-state index is 1.10. The Bertz CT molecular complexity index is 1560. The van der Waals surface area contributed by atoms with Gasteiger partial charge in [0.1, 0.15) is 0 Å². The molecular weight excluding hydrogens is 388 g/mol. The summed E-state index contributed by atoms with van der Waals surface area (Å²) >= 11 is 0.